The van der Waals surface area contributed by atoms with Gasteiger partial charge in [-0.25, -0.2) is 8.42 Å². The van der Waals surface area contributed by atoms with Crippen LogP contribution in [-0.2, 0) is 19.6 Å². The fourth-order valence-electron chi connectivity index (χ4n) is 3.01. The Morgan fingerprint density at radius 2 is 1.89 bits per heavy atom. The Kier molecular flexibility index (Phi) is 7.79. The van der Waals surface area contributed by atoms with E-state index in [1.165, 1.54) is 19.2 Å². The van der Waals surface area contributed by atoms with Crippen molar-refractivity contribution < 1.29 is 18.0 Å². The molecule has 0 atom stereocenters. The van der Waals surface area contributed by atoms with Crippen molar-refractivity contribution in [2.75, 3.05) is 33.2 Å². The second-order valence-electron chi connectivity index (χ2n) is 6.97. The normalized spacial score (nSPS) is 15.7. The Balaban J connectivity index is 1.76. The van der Waals surface area contributed by atoms with Gasteiger partial charge in [-0.1, -0.05) is 24.1 Å². The number of benzene rings is 1. The van der Waals surface area contributed by atoms with Gasteiger partial charge in [0.25, 0.3) is 0 Å². The molecular formula is C19H29N3O4S. The molecule has 150 valence electrons. The highest BCUT2D eigenvalue weighted by molar-refractivity contribution is 7.89. The van der Waals surface area contributed by atoms with Crippen LogP contribution in [0.2, 0.25) is 0 Å². The number of nitrogens with zero attached hydrogens (tertiary/aromatic N) is 2. The van der Waals surface area contributed by atoms with Crippen LogP contribution in [0.1, 0.15) is 37.7 Å². The SMILES string of the molecule is Cc1ccc(S(=O)(=O)N(C)CC(=O)NCCCN2CCCCCC2=O)cc1. The first-order valence-corrected chi connectivity index (χ1v) is 10.8. The maximum absolute atomic E-state index is 12.5. The smallest absolute Gasteiger partial charge is 0.243 e. The number of likely N-dealkylation sites (N-methyl/N-ethyl adjacent to an activating group) is 1. The number of hydrogen-bond donors (Lipinski definition) is 1. The Morgan fingerprint density at radius 3 is 2.59 bits per heavy atom. The van der Waals surface area contributed by atoms with E-state index in [-0.39, 0.29) is 23.3 Å². The predicted molar refractivity (Wildman–Crippen MR) is 104 cm³/mol. The van der Waals surface area contributed by atoms with Crippen LogP contribution in [0, 0.1) is 6.92 Å². The third-order valence-corrected chi connectivity index (χ3v) is 6.51. The highest BCUT2D eigenvalue weighted by Gasteiger charge is 2.22. The quantitative estimate of drug-likeness (QED) is 0.676. The van der Waals surface area contributed by atoms with Crippen molar-refractivity contribution in [3.8, 4) is 0 Å². The molecule has 1 aliphatic rings. The van der Waals surface area contributed by atoms with Crippen molar-refractivity contribution in [1.82, 2.24) is 14.5 Å². The second-order valence-corrected chi connectivity index (χ2v) is 9.01. The van der Waals surface area contributed by atoms with Crippen molar-refractivity contribution in [2.24, 2.45) is 0 Å². The Labute approximate surface area is 161 Å². The number of likely N-dealkylation sites (tertiary alicyclic amines) is 1. The zero-order chi connectivity index (χ0) is 19.9. The molecule has 1 aromatic carbocycles. The summed E-state index contributed by atoms with van der Waals surface area (Å²) in [6.07, 6.45) is 4.33. The van der Waals surface area contributed by atoms with Crippen LogP contribution in [0.25, 0.3) is 0 Å². The lowest BCUT2D eigenvalue weighted by atomic mass is 10.2. The third-order valence-electron chi connectivity index (χ3n) is 4.69. The molecule has 2 rings (SSSR count). The minimum Gasteiger partial charge on any atom is -0.355 e. The van der Waals surface area contributed by atoms with Gasteiger partial charge in [0.2, 0.25) is 21.8 Å². The van der Waals surface area contributed by atoms with E-state index in [0.29, 0.717) is 25.9 Å². The highest BCUT2D eigenvalue weighted by atomic mass is 32.2. The lowest BCUT2D eigenvalue weighted by Gasteiger charge is -2.21. The maximum Gasteiger partial charge on any atom is 0.243 e. The van der Waals surface area contributed by atoms with E-state index in [1.807, 2.05) is 11.8 Å². The molecule has 8 heteroatoms. The van der Waals surface area contributed by atoms with Crippen LogP contribution in [0.15, 0.2) is 29.2 Å². The van der Waals surface area contributed by atoms with Gasteiger partial charge in [0, 0.05) is 33.1 Å². The number of amides is 2. The molecule has 0 aliphatic carbocycles. The van der Waals surface area contributed by atoms with Crippen molar-refractivity contribution in [3.63, 3.8) is 0 Å². The zero-order valence-electron chi connectivity index (χ0n) is 16.1. The van der Waals surface area contributed by atoms with Crippen molar-refractivity contribution in [3.05, 3.63) is 29.8 Å². The monoisotopic (exact) mass is 395 g/mol. The third kappa shape index (κ3) is 6.32. The predicted octanol–water partition coefficient (Wildman–Crippen LogP) is 1.52. The lowest BCUT2D eigenvalue weighted by molar-refractivity contribution is -0.130. The minimum absolute atomic E-state index is 0.170. The van der Waals surface area contributed by atoms with Gasteiger partial charge < -0.3 is 10.2 Å². The topological polar surface area (TPSA) is 86.8 Å². The number of rotatable bonds is 8. The molecule has 0 unspecified atom stereocenters. The lowest BCUT2D eigenvalue weighted by Crippen LogP contribution is -2.39. The molecule has 1 heterocycles. The van der Waals surface area contributed by atoms with Crippen LogP contribution in [0.4, 0.5) is 0 Å². The Morgan fingerprint density at radius 1 is 1.19 bits per heavy atom. The number of nitrogens with one attached hydrogen (secondary N) is 1. The summed E-state index contributed by atoms with van der Waals surface area (Å²) in [4.78, 5) is 26.0. The average Bonchev–Trinajstić information content (AvgIpc) is 2.83. The maximum atomic E-state index is 12.5. The van der Waals surface area contributed by atoms with E-state index in [4.69, 9.17) is 0 Å². The molecule has 1 fully saturated rings. The van der Waals surface area contributed by atoms with E-state index < -0.39 is 10.0 Å². The first kappa shape index (κ1) is 21.4. The Bertz CT molecular complexity index is 747. The van der Waals surface area contributed by atoms with Gasteiger partial charge in [-0.3, -0.25) is 9.59 Å². The van der Waals surface area contributed by atoms with Crippen LogP contribution in [0.3, 0.4) is 0 Å². The number of carbonyl (C=O) groups excluding carboxylic acids is 2. The van der Waals surface area contributed by atoms with Crippen molar-refractivity contribution in [2.45, 2.75) is 43.9 Å². The van der Waals surface area contributed by atoms with Gasteiger partial charge in [0.05, 0.1) is 11.4 Å². The molecule has 0 spiro atoms. The summed E-state index contributed by atoms with van der Waals surface area (Å²) in [5.41, 5.74) is 0.970. The van der Waals surface area contributed by atoms with Crippen LogP contribution in [0.5, 0.6) is 0 Å². The fraction of sp³-hybridized carbons (Fsp3) is 0.579. The molecule has 1 saturated heterocycles. The molecule has 7 nitrogen and oxygen atoms in total. The first-order valence-electron chi connectivity index (χ1n) is 9.38. The van der Waals surface area contributed by atoms with Gasteiger partial charge in [0.15, 0.2) is 0 Å². The molecule has 0 aromatic heterocycles. The average molecular weight is 396 g/mol. The van der Waals surface area contributed by atoms with Gasteiger partial charge in [-0.15, -0.1) is 0 Å². The van der Waals surface area contributed by atoms with Gasteiger partial charge in [-0.2, -0.15) is 4.31 Å². The van der Waals surface area contributed by atoms with Crippen LogP contribution in [-0.4, -0.2) is 62.7 Å². The van der Waals surface area contributed by atoms with Crippen molar-refractivity contribution in [1.29, 1.82) is 0 Å². The summed E-state index contributed by atoms with van der Waals surface area (Å²) in [6.45, 7) is 3.47. The van der Waals surface area contributed by atoms with Gasteiger partial charge in [0.1, 0.15) is 0 Å². The summed E-state index contributed by atoms with van der Waals surface area (Å²) >= 11 is 0. The van der Waals surface area contributed by atoms with E-state index in [0.717, 1.165) is 35.7 Å². The zero-order valence-corrected chi connectivity index (χ0v) is 16.9. The first-order chi connectivity index (χ1) is 12.8. The van der Waals surface area contributed by atoms with E-state index >= 15 is 0 Å². The molecule has 1 aromatic rings. The largest absolute Gasteiger partial charge is 0.355 e. The summed E-state index contributed by atoms with van der Waals surface area (Å²) in [5.74, 6) is -0.168. The molecule has 0 bridgehead atoms. The summed E-state index contributed by atoms with van der Waals surface area (Å²) < 4.78 is 26.0. The summed E-state index contributed by atoms with van der Waals surface area (Å²) in [5, 5.41) is 2.73. The van der Waals surface area contributed by atoms with E-state index in [1.54, 1.807) is 12.1 Å². The summed E-state index contributed by atoms with van der Waals surface area (Å²) in [7, 11) is -2.30. The van der Waals surface area contributed by atoms with Crippen molar-refractivity contribution >= 4 is 21.8 Å². The molecule has 27 heavy (non-hydrogen) atoms. The van der Waals surface area contributed by atoms with Gasteiger partial charge >= 0.3 is 0 Å². The molecule has 1 aliphatic heterocycles. The summed E-state index contributed by atoms with van der Waals surface area (Å²) in [6, 6.07) is 6.53. The van der Waals surface area contributed by atoms with E-state index in [9.17, 15) is 18.0 Å². The standard InChI is InChI=1S/C19H29N3O4S/c1-16-8-10-17(11-9-16)27(25,26)21(2)15-18(23)20-12-6-14-22-13-5-3-4-7-19(22)24/h8-11H,3-7,12-15H2,1-2H3,(H,20,23). The number of carbonyl (C=O) groups is 2. The number of sulfonamides is 1. The second kappa shape index (κ2) is 9.85. The Hall–Kier alpha value is -1.93. The number of aryl methyl sites for hydroxylation is 1. The minimum atomic E-state index is -3.69. The number of hydrogen-bond acceptors (Lipinski definition) is 4. The van der Waals surface area contributed by atoms with Crippen LogP contribution < -0.4 is 5.32 Å². The van der Waals surface area contributed by atoms with E-state index in [2.05, 4.69) is 5.32 Å². The molecule has 1 N–H and O–H groups in total. The highest BCUT2D eigenvalue weighted by Crippen LogP contribution is 2.14. The molecule has 0 saturated carbocycles. The van der Waals surface area contributed by atoms with Crippen LogP contribution >= 0.6 is 0 Å². The fourth-order valence-corrected chi connectivity index (χ4v) is 4.13. The molecular weight excluding hydrogens is 366 g/mol. The molecule has 0 radical (unpaired) electrons. The van der Waals surface area contributed by atoms with Gasteiger partial charge in [-0.05, 0) is 38.3 Å². The molecule has 2 amide bonds.